The molecule has 0 atom stereocenters. The second-order valence-electron chi connectivity index (χ2n) is 9.65. The summed E-state index contributed by atoms with van der Waals surface area (Å²) in [4.78, 5) is 15.5. The van der Waals surface area contributed by atoms with Crippen LogP contribution in [0.15, 0.2) is 66.7 Å². The number of hydrogen-bond donors (Lipinski definition) is 4. The molecule has 174 valence electrons. The molecule has 0 spiro atoms. The molecule has 0 radical (unpaired) electrons. The van der Waals surface area contributed by atoms with Gasteiger partial charge in [0.25, 0.3) is 0 Å². The van der Waals surface area contributed by atoms with Crippen LogP contribution in [0.4, 0.5) is 0 Å². The zero-order chi connectivity index (χ0) is 24.5. The second-order valence-corrected chi connectivity index (χ2v) is 9.65. The van der Waals surface area contributed by atoms with Crippen LogP contribution in [0.3, 0.4) is 0 Å². The molecule has 3 aromatic carbocycles. The molecule has 0 unspecified atom stereocenters. The number of carbonyl (C=O) groups is 1. The molecule has 0 aliphatic carbocycles. The number of fused-ring (bicyclic) bond motifs is 1. The van der Waals surface area contributed by atoms with Crippen LogP contribution in [0.25, 0.3) is 28.2 Å². The minimum absolute atomic E-state index is 0.124. The van der Waals surface area contributed by atoms with E-state index in [1.807, 2.05) is 70.2 Å². The topological polar surface area (TPSA) is 85.3 Å². The van der Waals surface area contributed by atoms with Gasteiger partial charge < -0.3 is 20.5 Å². The predicted molar refractivity (Wildman–Crippen MR) is 138 cm³/mol. The molecule has 5 heteroatoms. The van der Waals surface area contributed by atoms with Gasteiger partial charge in [-0.15, -0.1) is 0 Å². The zero-order valence-corrected chi connectivity index (χ0v) is 19.9. The Labute approximate surface area is 199 Å². The van der Waals surface area contributed by atoms with E-state index in [1.54, 1.807) is 30.4 Å². The maximum Gasteiger partial charge on any atom is 0.244 e. The molecule has 0 fully saturated rings. The predicted octanol–water partition coefficient (Wildman–Crippen LogP) is 6.07. The average molecular weight is 455 g/mol. The first-order chi connectivity index (χ1) is 16.1. The number of nitrogens with one attached hydrogen (secondary N) is 2. The molecule has 0 aliphatic rings. The standard InChI is InChI=1S/C29H30N2O3/c1-18-27-23(17-20-7-5-19(6-8-20)9-16-26(34)31-29(2,3)4)25(33)15-14-24(27)30-28(18)21-10-12-22(32)13-11-21/h5-16,30,32-33H,17H2,1-4H3,(H,31,34). The van der Waals surface area contributed by atoms with Crippen LogP contribution in [0, 0.1) is 6.92 Å². The molecule has 0 bridgehead atoms. The van der Waals surface area contributed by atoms with E-state index in [2.05, 4.69) is 10.3 Å². The summed E-state index contributed by atoms with van der Waals surface area (Å²) in [5, 5.41) is 24.2. The van der Waals surface area contributed by atoms with Gasteiger partial charge >= 0.3 is 0 Å². The number of benzene rings is 3. The molecule has 0 saturated heterocycles. The minimum Gasteiger partial charge on any atom is -0.508 e. The molecule has 4 N–H and O–H groups in total. The van der Waals surface area contributed by atoms with Gasteiger partial charge in [-0.3, -0.25) is 4.79 Å². The van der Waals surface area contributed by atoms with Crippen molar-refractivity contribution < 1.29 is 15.0 Å². The minimum atomic E-state index is -0.271. The van der Waals surface area contributed by atoms with Crippen molar-refractivity contribution in [2.75, 3.05) is 0 Å². The van der Waals surface area contributed by atoms with E-state index in [4.69, 9.17) is 0 Å². The molecule has 1 heterocycles. The third kappa shape index (κ3) is 5.15. The van der Waals surface area contributed by atoms with Gasteiger partial charge in [0, 0.05) is 40.2 Å². The van der Waals surface area contributed by atoms with E-state index < -0.39 is 0 Å². The highest BCUT2D eigenvalue weighted by Gasteiger charge is 2.16. The van der Waals surface area contributed by atoms with Crippen LogP contribution in [0.5, 0.6) is 11.5 Å². The van der Waals surface area contributed by atoms with Crippen LogP contribution in [-0.2, 0) is 11.2 Å². The number of aromatic amines is 1. The van der Waals surface area contributed by atoms with Gasteiger partial charge in [0.1, 0.15) is 11.5 Å². The quantitative estimate of drug-likeness (QED) is 0.276. The lowest BCUT2D eigenvalue weighted by Crippen LogP contribution is -2.39. The van der Waals surface area contributed by atoms with Crippen molar-refractivity contribution in [3.63, 3.8) is 0 Å². The highest BCUT2D eigenvalue weighted by molar-refractivity contribution is 5.95. The van der Waals surface area contributed by atoms with Crippen molar-refractivity contribution in [2.45, 2.75) is 39.7 Å². The number of hydrogen-bond acceptors (Lipinski definition) is 3. The van der Waals surface area contributed by atoms with E-state index in [9.17, 15) is 15.0 Å². The van der Waals surface area contributed by atoms with E-state index in [0.717, 1.165) is 44.4 Å². The highest BCUT2D eigenvalue weighted by Crippen LogP contribution is 2.37. The number of phenols is 2. The van der Waals surface area contributed by atoms with Crippen LogP contribution in [0.2, 0.25) is 0 Å². The first kappa shape index (κ1) is 23.2. The summed E-state index contributed by atoms with van der Waals surface area (Å²) < 4.78 is 0. The summed E-state index contributed by atoms with van der Waals surface area (Å²) in [6.45, 7) is 7.89. The maximum absolute atomic E-state index is 12.0. The van der Waals surface area contributed by atoms with Crippen molar-refractivity contribution in [3.8, 4) is 22.8 Å². The number of amides is 1. The van der Waals surface area contributed by atoms with Crippen molar-refractivity contribution in [1.82, 2.24) is 10.3 Å². The maximum atomic E-state index is 12.0. The number of phenolic OH excluding ortho intramolecular Hbond substituents is 2. The van der Waals surface area contributed by atoms with Gasteiger partial charge in [-0.2, -0.15) is 0 Å². The number of rotatable bonds is 5. The summed E-state index contributed by atoms with van der Waals surface area (Å²) >= 11 is 0. The Bertz CT molecular complexity index is 1360. The smallest absolute Gasteiger partial charge is 0.244 e. The second kappa shape index (κ2) is 9.10. The summed E-state index contributed by atoms with van der Waals surface area (Å²) in [5.41, 5.74) is 6.54. The van der Waals surface area contributed by atoms with Gasteiger partial charge in [0.2, 0.25) is 5.91 Å². The zero-order valence-electron chi connectivity index (χ0n) is 19.9. The van der Waals surface area contributed by atoms with Crippen LogP contribution in [-0.4, -0.2) is 26.6 Å². The van der Waals surface area contributed by atoms with Crippen LogP contribution < -0.4 is 5.32 Å². The van der Waals surface area contributed by atoms with Gasteiger partial charge in [0.05, 0.1) is 0 Å². The molecule has 1 aromatic heterocycles. The summed E-state index contributed by atoms with van der Waals surface area (Å²) in [6, 6.07) is 18.7. The Morgan fingerprint density at radius 1 is 0.971 bits per heavy atom. The fourth-order valence-corrected chi connectivity index (χ4v) is 4.15. The number of H-pyrrole nitrogens is 1. The third-order valence-corrected chi connectivity index (χ3v) is 5.74. The van der Waals surface area contributed by atoms with E-state index in [-0.39, 0.29) is 22.9 Å². The molecule has 0 aliphatic heterocycles. The fourth-order valence-electron chi connectivity index (χ4n) is 4.15. The number of aromatic nitrogens is 1. The van der Waals surface area contributed by atoms with Gasteiger partial charge in [-0.1, -0.05) is 24.3 Å². The lowest BCUT2D eigenvalue weighted by Gasteiger charge is -2.18. The van der Waals surface area contributed by atoms with Crippen LogP contribution in [0.1, 0.15) is 43.0 Å². The van der Waals surface area contributed by atoms with E-state index in [1.165, 1.54) is 0 Å². The molecule has 4 rings (SSSR count). The molecule has 34 heavy (non-hydrogen) atoms. The summed E-state index contributed by atoms with van der Waals surface area (Å²) in [7, 11) is 0. The Morgan fingerprint density at radius 3 is 2.29 bits per heavy atom. The summed E-state index contributed by atoms with van der Waals surface area (Å²) in [5.74, 6) is 0.360. The first-order valence-corrected chi connectivity index (χ1v) is 11.3. The van der Waals surface area contributed by atoms with E-state index >= 15 is 0 Å². The largest absolute Gasteiger partial charge is 0.508 e. The fraction of sp³-hybridized carbons (Fsp3) is 0.207. The third-order valence-electron chi connectivity index (χ3n) is 5.74. The van der Waals surface area contributed by atoms with Crippen molar-refractivity contribution >= 4 is 22.9 Å². The van der Waals surface area contributed by atoms with Gasteiger partial charge in [0.15, 0.2) is 0 Å². The molecular formula is C29H30N2O3. The van der Waals surface area contributed by atoms with Gasteiger partial charge in [-0.05, 0) is 92.4 Å². The Morgan fingerprint density at radius 2 is 1.65 bits per heavy atom. The monoisotopic (exact) mass is 454 g/mol. The Kier molecular flexibility index (Phi) is 6.20. The Balaban J connectivity index is 1.60. The molecule has 0 saturated carbocycles. The van der Waals surface area contributed by atoms with Crippen molar-refractivity contribution in [3.05, 3.63) is 89.0 Å². The molecule has 4 aromatic rings. The molecule has 5 nitrogen and oxygen atoms in total. The number of carbonyl (C=O) groups excluding carboxylic acids is 1. The van der Waals surface area contributed by atoms with E-state index in [0.29, 0.717) is 6.42 Å². The normalized spacial score (nSPS) is 11.9. The summed E-state index contributed by atoms with van der Waals surface area (Å²) in [6.07, 6.45) is 3.91. The highest BCUT2D eigenvalue weighted by atomic mass is 16.3. The molecule has 1 amide bonds. The van der Waals surface area contributed by atoms with Crippen LogP contribution >= 0.6 is 0 Å². The van der Waals surface area contributed by atoms with Gasteiger partial charge in [-0.25, -0.2) is 0 Å². The number of aryl methyl sites for hydroxylation is 1. The lowest BCUT2D eigenvalue weighted by atomic mass is 9.96. The number of aromatic hydroxyl groups is 2. The average Bonchev–Trinajstić information content (AvgIpc) is 3.11. The lowest BCUT2D eigenvalue weighted by molar-refractivity contribution is -0.117. The van der Waals surface area contributed by atoms with Crippen molar-refractivity contribution in [2.24, 2.45) is 0 Å². The SMILES string of the molecule is Cc1c(-c2ccc(O)cc2)[nH]c2ccc(O)c(Cc3ccc(C=CC(=O)NC(C)(C)C)cc3)c12. The van der Waals surface area contributed by atoms with Crippen molar-refractivity contribution in [1.29, 1.82) is 0 Å². The Hall–Kier alpha value is -3.99. The first-order valence-electron chi connectivity index (χ1n) is 11.3. The molecular weight excluding hydrogens is 424 g/mol.